The molecular formula is C25H21F3O3P2Pd. The van der Waals surface area contributed by atoms with Gasteiger partial charge in [-0.25, -0.2) is 4.79 Å². The molecule has 0 N–H and O–H groups in total. The second kappa shape index (κ2) is 12.0. The molecule has 2 atom stereocenters. The molecule has 0 saturated heterocycles. The molecule has 0 heterocycles. The van der Waals surface area contributed by atoms with Crippen molar-refractivity contribution in [3.8, 4) is 11.1 Å². The van der Waals surface area contributed by atoms with E-state index in [0.29, 0.717) is 0 Å². The second-order valence-electron chi connectivity index (χ2n) is 7.05. The first-order valence-electron chi connectivity index (χ1n) is 9.98. The Morgan fingerprint density at radius 2 is 1.18 bits per heavy atom. The van der Waals surface area contributed by atoms with Gasteiger partial charge >= 0.3 is 17.9 Å². The molecule has 0 aromatic heterocycles. The first-order chi connectivity index (χ1) is 15.6. The SMILES string of the molecule is CCOC(=O)C(=O)C(F)(F)F.Pc1ccc2ccccc2c1-c1c(P)ccc2ccccc12.[Pd]. The van der Waals surface area contributed by atoms with E-state index in [1.54, 1.807) is 0 Å². The van der Waals surface area contributed by atoms with Crippen LogP contribution in [0.25, 0.3) is 32.7 Å². The van der Waals surface area contributed by atoms with Crippen LogP contribution in [-0.4, -0.2) is 24.5 Å². The third-order valence-corrected chi connectivity index (χ3v) is 5.85. The van der Waals surface area contributed by atoms with Gasteiger partial charge in [-0.05, 0) is 50.2 Å². The second-order valence-corrected chi connectivity index (χ2v) is 8.29. The molecule has 0 spiro atoms. The Labute approximate surface area is 213 Å². The van der Waals surface area contributed by atoms with Gasteiger partial charge in [-0.3, -0.25) is 4.79 Å². The van der Waals surface area contributed by atoms with Crippen LogP contribution >= 0.6 is 18.5 Å². The van der Waals surface area contributed by atoms with Crippen molar-refractivity contribution in [3.05, 3.63) is 72.8 Å². The van der Waals surface area contributed by atoms with E-state index in [1.807, 2.05) is 0 Å². The predicted octanol–water partition coefficient (Wildman–Crippen LogP) is 5.34. The summed E-state index contributed by atoms with van der Waals surface area (Å²) in [5, 5.41) is 7.63. The average Bonchev–Trinajstić information content (AvgIpc) is 2.79. The van der Waals surface area contributed by atoms with Crippen LogP contribution in [0.5, 0.6) is 0 Å². The van der Waals surface area contributed by atoms with Crippen molar-refractivity contribution < 1.29 is 47.9 Å². The Morgan fingerprint density at radius 3 is 1.56 bits per heavy atom. The summed E-state index contributed by atoms with van der Waals surface area (Å²) in [6, 6.07) is 26.0. The largest absolute Gasteiger partial charge is 0.461 e. The Morgan fingerprint density at radius 1 is 0.765 bits per heavy atom. The molecule has 9 heteroatoms. The maximum atomic E-state index is 11.4. The molecule has 0 bridgehead atoms. The predicted molar refractivity (Wildman–Crippen MR) is 133 cm³/mol. The zero-order valence-corrected chi connectivity index (χ0v) is 21.8. The number of ketones is 1. The van der Waals surface area contributed by atoms with Gasteiger partial charge in [0.1, 0.15) is 0 Å². The van der Waals surface area contributed by atoms with E-state index in [1.165, 1.54) is 50.2 Å². The van der Waals surface area contributed by atoms with Gasteiger partial charge in [0, 0.05) is 20.4 Å². The van der Waals surface area contributed by atoms with E-state index in [4.69, 9.17) is 0 Å². The molecule has 0 radical (unpaired) electrons. The minimum atomic E-state index is -5.13. The van der Waals surface area contributed by atoms with Crippen molar-refractivity contribution in [3.63, 3.8) is 0 Å². The van der Waals surface area contributed by atoms with Crippen LogP contribution in [0.3, 0.4) is 0 Å². The first kappa shape index (κ1) is 28.1. The fourth-order valence-electron chi connectivity index (χ4n) is 3.45. The van der Waals surface area contributed by atoms with Gasteiger partial charge in [-0.15, -0.1) is 18.5 Å². The number of halogens is 3. The number of benzene rings is 4. The normalized spacial score (nSPS) is 10.8. The molecular weight excluding hydrogens is 574 g/mol. The monoisotopic (exact) mass is 594 g/mol. The van der Waals surface area contributed by atoms with Gasteiger partial charge in [0.25, 0.3) is 0 Å². The number of Topliss-reactive ketones (excluding diaryl/α,β-unsaturated/α-hetero) is 1. The van der Waals surface area contributed by atoms with Crippen molar-refractivity contribution in [1.82, 2.24) is 0 Å². The summed E-state index contributed by atoms with van der Waals surface area (Å²) < 4.78 is 37.9. The molecule has 0 aliphatic heterocycles. The molecule has 3 nitrogen and oxygen atoms in total. The summed E-state index contributed by atoms with van der Waals surface area (Å²) in [6.07, 6.45) is -5.13. The third kappa shape index (κ3) is 6.29. The van der Waals surface area contributed by atoms with Gasteiger partial charge in [0.05, 0.1) is 6.61 Å². The first-order valence-corrected chi connectivity index (χ1v) is 11.1. The standard InChI is InChI=1S/C20H16P2.C5H5F3O3.Pd/c21-17-11-9-13-5-1-3-7-15(13)19(17)20-16-8-4-2-6-14(16)10-12-18(20)22;1-2-11-4(10)3(9)5(6,7)8;/h1-12H,21-22H2;2H2,1H3;. The number of alkyl halides is 3. The Kier molecular flexibility index (Phi) is 9.92. The number of ether oxygens (including phenoxy) is 1. The van der Waals surface area contributed by atoms with Crippen LogP contribution in [0.15, 0.2) is 72.8 Å². The van der Waals surface area contributed by atoms with Gasteiger partial charge in [-0.2, -0.15) is 13.2 Å². The summed E-state index contributed by atoms with van der Waals surface area (Å²) >= 11 is 0. The van der Waals surface area contributed by atoms with Crippen LogP contribution < -0.4 is 10.6 Å². The molecule has 4 rings (SSSR count). The van der Waals surface area contributed by atoms with E-state index in [2.05, 4.69) is 96.0 Å². The Balaban J connectivity index is 0.000000294. The van der Waals surface area contributed by atoms with E-state index < -0.39 is 17.9 Å². The smallest absolute Gasteiger partial charge is 0.460 e. The van der Waals surface area contributed by atoms with Crippen molar-refractivity contribution in [1.29, 1.82) is 0 Å². The van der Waals surface area contributed by atoms with Crippen LogP contribution in [0, 0.1) is 0 Å². The van der Waals surface area contributed by atoms with Crippen LogP contribution in [-0.2, 0) is 34.7 Å². The number of hydrogen-bond acceptors (Lipinski definition) is 3. The number of hydrogen-bond donors (Lipinski definition) is 0. The summed E-state index contributed by atoms with van der Waals surface area (Å²) in [7, 11) is 5.79. The Hall–Kier alpha value is -2.15. The topological polar surface area (TPSA) is 43.4 Å². The van der Waals surface area contributed by atoms with Crippen LogP contribution in [0.2, 0.25) is 0 Å². The zero-order valence-electron chi connectivity index (χ0n) is 18.0. The fraction of sp³-hybridized carbons (Fsp3) is 0.120. The molecule has 0 aliphatic carbocycles. The summed E-state index contributed by atoms with van der Waals surface area (Å²) in [4.78, 5) is 20.1. The minimum absolute atomic E-state index is 0. The third-order valence-electron chi connectivity index (χ3n) is 4.89. The number of carbonyl (C=O) groups excluding carboxylic acids is 2. The van der Waals surface area contributed by atoms with Gasteiger partial charge < -0.3 is 4.74 Å². The van der Waals surface area contributed by atoms with Crippen LogP contribution in [0.4, 0.5) is 13.2 Å². The van der Waals surface area contributed by atoms with Crippen molar-refractivity contribution >= 4 is 62.4 Å². The number of esters is 1. The Bertz CT molecular complexity index is 1260. The molecule has 4 aromatic carbocycles. The zero-order chi connectivity index (χ0) is 24.2. The van der Waals surface area contributed by atoms with Crippen LogP contribution in [0.1, 0.15) is 6.92 Å². The van der Waals surface area contributed by atoms with Crippen molar-refractivity contribution in [2.45, 2.75) is 13.1 Å². The molecule has 34 heavy (non-hydrogen) atoms. The quantitative estimate of drug-likeness (QED) is 0.139. The molecule has 2 unspecified atom stereocenters. The number of carbonyl (C=O) groups is 2. The molecule has 0 saturated carbocycles. The molecule has 0 amide bonds. The summed E-state index contributed by atoms with van der Waals surface area (Å²) in [6.45, 7) is 1.06. The minimum Gasteiger partial charge on any atom is -0.460 e. The number of rotatable bonds is 3. The van der Waals surface area contributed by atoms with E-state index in [9.17, 15) is 22.8 Å². The van der Waals surface area contributed by atoms with E-state index in [0.717, 1.165) is 0 Å². The van der Waals surface area contributed by atoms with Gasteiger partial charge in [0.15, 0.2) is 0 Å². The molecule has 4 aromatic rings. The average molecular weight is 595 g/mol. The van der Waals surface area contributed by atoms with E-state index in [-0.39, 0.29) is 27.0 Å². The van der Waals surface area contributed by atoms with Gasteiger partial charge in [-0.1, -0.05) is 72.8 Å². The van der Waals surface area contributed by atoms with Gasteiger partial charge in [0.2, 0.25) is 0 Å². The molecule has 0 aliphatic rings. The molecule has 180 valence electrons. The fourth-order valence-corrected chi connectivity index (χ4v) is 4.24. The van der Waals surface area contributed by atoms with E-state index >= 15 is 0 Å². The number of fused-ring (bicyclic) bond motifs is 2. The summed E-state index contributed by atoms with van der Waals surface area (Å²) in [5.74, 6) is -4.33. The molecule has 0 fully saturated rings. The van der Waals surface area contributed by atoms with Crippen molar-refractivity contribution in [2.24, 2.45) is 0 Å². The van der Waals surface area contributed by atoms with Crippen molar-refractivity contribution in [2.75, 3.05) is 6.61 Å². The maximum Gasteiger partial charge on any atom is 0.461 e. The summed E-state index contributed by atoms with van der Waals surface area (Å²) in [5.41, 5.74) is 2.62. The maximum absolute atomic E-state index is 11.4.